The minimum atomic E-state index is -0.476. The first kappa shape index (κ1) is 22.4. The summed E-state index contributed by atoms with van der Waals surface area (Å²) in [6.07, 6.45) is 2.56. The zero-order valence-corrected chi connectivity index (χ0v) is 20.3. The van der Waals surface area contributed by atoms with Crippen LogP contribution >= 0.6 is 0 Å². The molecule has 1 aromatic carbocycles. The Morgan fingerprint density at radius 1 is 1.18 bits per heavy atom. The summed E-state index contributed by atoms with van der Waals surface area (Å²) in [6, 6.07) is 5.62. The molecule has 4 atom stereocenters. The molecule has 10 heteroatoms. The third kappa shape index (κ3) is 3.81. The Morgan fingerprint density at radius 3 is 2.71 bits per heavy atom. The molecule has 34 heavy (non-hydrogen) atoms. The molecule has 10 nitrogen and oxygen atoms in total. The van der Waals surface area contributed by atoms with Crippen LogP contribution in [-0.4, -0.2) is 60.8 Å². The molecule has 0 radical (unpaired) electrons. The lowest BCUT2D eigenvalue weighted by molar-refractivity contribution is 0.132. The van der Waals surface area contributed by atoms with E-state index >= 15 is 0 Å². The van der Waals surface area contributed by atoms with Gasteiger partial charge in [0, 0.05) is 36.7 Å². The fourth-order valence-corrected chi connectivity index (χ4v) is 4.87. The summed E-state index contributed by atoms with van der Waals surface area (Å²) in [5.74, 6) is 2.41. The third-order valence-corrected chi connectivity index (χ3v) is 6.89. The summed E-state index contributed by atoms with van der Waals surface area (Å²) in [7, 11) is 1.63. The number of nitrogens with zero attached hydrogens (tertiary/aromatic N) is 7. The standard InChI is InChI=1S/C24H32N8O2/c1-13-8-17(11-30(10-13)21-12-31(28-14(21)2)15(3)16(4)33)22-27-23-19-7-6-18(34-5)9-20(19)26-24(25)32(23)29-22/h6-7,9,12-13,15-17,33H,8,10-11H2,1-5H3,(H2,25,26)/t13-,15+,16+,17+/m1/s1. The summed E-state index contributed by atoms with van der Waals surface area (Å²) in [5, 5.41) is 20.3. The number of aliphatic hydroxyl groups excluding tert-OH is 1. The van der Waals surface area contributed by atoms with Crippen molar-refractivity contribution in [1.29, 1.82) is 0 Å². The van der Waals surface area contributed by atoms with Crippen LogP contribution in [0.5, 0.6) is 5.75 Å². The van der Waals surface area contributed by atoms with Crippen LogP contribution in [0.2, 0.25) is 0 Å². The molecule has 3 N–H and O–H groups in total. The second-order valence-electron chi connectivity index (χ2n) is 9.56. The smallest absolute Gasteiger partial charge is 0.223 e. The second kappa shape index (κ2) is 8.43. The molecule has 0 amide bonds. The van der Waals surface area contributed by atoms with E-state index in [2.05, 4.69) is 21.9 Å². The highest BCUT2D eigenvalue weighted by Gasteiger charge is 2.31. The van der Waals surface area contributed by atoms with E-state index in [1.165, 1.54) is 0 Å². The number of aryl methyl sites for hydroxylation is 1. The van der Waals surface area contributed by atoms with Gasteiger partial charge in [-0.15, -0.1) is 5.10 Å². The molecule has 0 bridgehead atoms. The van der Waals surface area contributed by atoms with Crippen molar-refractivity contribution < 1.29 is 9.84 Å². The fourth-order valence-electron chi connectivity index (χ4n) is 4.87. The summed E-state index contributed by atoms with van der Waals surface area (Å²) < 4.78 is 8.83. The van der Waals surface area contributed by atoms with Gasteiger partial charge in [0.15, 0.2) is 11.5 Å². The number of benzene rings is 1. The average Bonchev–Trinajstić information content (AvgIpc) is 3.42. The largest absolute Gasteiger partial charge is 0.497 e. The monoisotopic (exact) mass is 464 g/mol. The van der Waals surface area contributed by atoms with Crippen molar-refractivity contribution in [2.24, 2.45) is 5.92 Å². The van der Waals surface area contributed by atoms with Crippen LogP contribution in [0.3, 0.4) is 0 Å². The highest BCUT2D eigenvalue weighted by Crippen LogP contribution is 2.34. The third-order valence-electron chi connectivity index (χ3n) is 6.89. The maximum Gasteiger partial charge on any atom is 0.223 e. The van der Waals surface area contributed by atoms with Crippen LogP contribution in [0.4, 0.5) is 11.6 Å². The number of methoxy groups -OCH3 is 1. The van der Waals surface area contributed by atoms with E-state index in [0.29, 0.717) is 17.5 Å². The van der Waals surface area contributed by atoms with Gasteiger partial charge in [-0.1, -0.05) is 6.92 Å². The Hall–Kier alpha value is -3.40. The number of hydrogen-bond donors (Lipinski definition) is 2. The normalized spacial score (nSPS) is 20.7. The van der Waals surface area contributed by atoms with Gasteiger partial charge in [-0.2, -0.15) is 9.61 Å². The Kier molecular flexibility index (Phi) is 5.55. The minimum absolute atomic E-state index is 0.0899. The molecule has 3 aromatic heterocycles. The van der Waals surface area contributed by atoms with Crippen LogP contribution in [0.25, 0.3) is 16.6 Å². The molecule has 1 fully saturated rings. The van der Waals surface area contributed by atoms with Gasteiger partial charge in [0.1, 0.15) is 5.75 Å². The van der Waals surface area contributed by atoms with E-state index in [4.69, 9.17) is 20.6 Å². The first-order valence-electron chi connectivity index (χ1n) is 11.7. The molecule has 1 aliphatic rings. The van der Waals surface area contributed by atoms with Crippen LogP contribution < -0.4 is 15.4 Å². The van der Waals surface area contributed by atoms with Crippen molar-refractivity contribution in [1.82, 2.24) is 29.4 Å². The van der Waals surface area contributed by atoms with E-state index in [0.717, 1.165) is 53.4 Å². The van der Waals surface area contributed by atoms with Crippen molar-refractivity contribution in [3.8, 4) is 5.75 Å². The molecule has 4 heterocycles. The minimum Gasteiger partial charge on any atom is -0.497 e. The number of aliphatic hydroxyl groups is 1. The van der Waals surface area contributed by atoms with Crippen molar-refractivity contribution in [3.05, 3.63) is 35.9 Å². The quantitative estimate of drug-likeness (QED) is 0.463. The van der Waals surface area contributed by atoms with Gasteiger partial charge >= 0.3 is 0 Å². The molecule has 5 rings (SSSR count). The number of aromatic nitrogens is 6. The number of anilines is 2. The van der Waals surface area contributed by atoms with Crippen LogP contribution in [0.15, 0.2) is 24.4 Å². The summed E-state index contributed by atoms with van der Waals surface area (Å²) >= 11 is 0. The number of hydrogen-bond acceptors (Lipinski definition) is 8. The maximum atomic E-state index is 10.00. The van der Waals surface area contributed by atoms with Gasteiger partial charge in [0.25, 0.3) is 0 Å². The number of piperidine rings is 1. The zero-order valence-electron chi connectivity index (χ0n) is 20.3. The average molecular weight is 465 g/mol. The molecule has 180 valence electrons. The topological polar surface area (TPSA) is 120 Å². The molecule has 0 saturated carbocycles. The highest BCUT2D eigenvalue weighted by molar-refractivity contribution is 5.93. The molecule has 0 aliphatic carbocycles. The Balaban J connectivity index is 1.50. The summed E-state index contributed by atoms with van der Waals surface area (Å²) in [6.45, 7) is 9.76. The van der Waals surface area contributed by atoms with Gasteiger partial charge in [-0.3, -0.25) is 4.68 Å². The lowest BCUT2D eigenvalue weighted by Crippen LogP contribution is -2.39. The first-order valence-corrected chi connectivity index (χ1v) is 11.7. The van der Waals surface area contributed by atoms with E-state index in [9.17, 15) is 5.11 Å². The van der Waals surface area contributed by atoms with Crippen LogP contribution in [-0.2, 0) is 0 Å². The molecular formula is C24H32N8O2. The number of ether oxygens (including phenoxy) is 1. The highest BCUT2D eigenvalue weighted by atomic mass is 16.5. The predicted octanol–water partition coefficient (Wildman–Crippen LogP) is 2.95. The van der Waals surface area contributed by atoms with Gasteiger partial charge in [-0.25, -0.2) is 9.97 Å². The van der Waals surface area contributed by atoms with Crippen LogP contribution in [0, 0.1) is 12.8 Å². The number of fused-ring (bicyclic) bond motifs is 3. The zero-order chi connectivity index (χ0) is 24.1. The fraction of sp³-hybridized carbons (Fsp3) is 0.500. The molecular weight excluding hydrogens is 432 g/mol. The second-order valence-corrected chi connectivity index (χ2v) is 9.56. The molecule has 0 unspecified atom stereocenters. The Labute approximate surface area is 198 Å². The van der Waals surface area contributed by atoms with Crippen molar-refractivity contribution >= 4 is 28.2 Å². The van der Waals surface area contributed by atoms with E-state index in [1.807, 2.05) is 42.9 Å². The molecule has 4 aromatic rings. The SMILES string of the molecule is COc1ccc2c(c1)nc(N)n1nc([C@H]3C[C@@H](C)CN(c4cn([C@@H](C)[C@H](C)O)nc4C)C3)nc21. The number of nitrogens with two attached hydrogens (primary N) is 1. The number of nitrogen functional groups attached to an aromatic ring is 1. The van der Waals surface area contributed by atoms with Gasteiger partial charge < -0.3 is 20.5 Å². The number of rotatable bonds is 5. The van der Waals surface area contributed by atoms with Crippen LogP contribution in [0.1, 0.15) is 50.7 Å². The predicted molar refractivity (Wildman–Crippen MR) is 131 cm³/mol. The van der Waals surface area contributed by atoms with Gasteiger partial charge in [0.05, 0.1) is 36.2 Å². The van der Waals surface area contributed by atoms with Crippen molar-refractivity contribution in [2.75, 3.05) is 30.8 Å². The van der Waals surface area contributed by atoms with E-state index in [-0.39, 0.29) is 12.0 Å². The molecule has 1 aliphatic heterocycles. The molecule has 1 saturated heterocycles. The van der Waals surface area contributed by atoms with Crippen molar-refractivity contribution in [2.45, 2.75) is 52.2 Å². The summed E-state index contributed by atoms with van der Waals surface area (Å²) in [5.41, 5.74) is 9.73. The molecule has 0 spiro atoms. The van der Waals surface area contributed by atoms with Crippen molar-refractivity contribution in [3.63, 3.8) is 0 Å². The summed E-state index contributed by atoms with van der Waals surface area (Å²) in [4.78, 5) is 11.8. The Bertz CT molecular complexity index is 1340. The Morgan fingerprint density at radius 2 is 1.97 bits per heavy atom. The van der Waals surface area contributed by atoms with E-state index < -0.39 is 6.10 Å². The van der Waals surface area contributed by atoms with E-state index in [1.54, 1.807) is 18.5 Å². The van der Waals surface area contributed by atoms with Gasteiger partial charge in [0.2, 0.25) is 5.95 Å². The lowest BCUT2D eigenvalue weighted by atomic mass is 9.89. The first-order chi connectivity index (χ1) is 16.2. The maximum absolute atomic E-state index is 10.00. The van der Waals surface area contributed by atoms with Gasteiger partial charge in [-0.05, 0) is 45.2 Å². The lowest BCUT2D eigenvalue weighted by Gasteiger charge is -2.36.